The minimum Gasteiger partial charge on any atom is -0.379 e. The van der Waals surface area contributed by atoms with Crippen molar-refractivity contribution in [2.24, 2.45) is 0 Å². The van der Waals surface area contributed by atoms with Gasteiger partial charge in [0.2, 0.25) is 0 Å². The molecule has 0 saturated carbocycles. The van der Waals surface area contributed by atoms with Crippen LogP contribution in [0.25, 0.3) is 0 Å². The zero-order chi connectivity index (χ0) is 13.7. The maximum Gasteiger partial charge on any atom is 0.0518 e. The molecule has 1 unspecified atom stereocenters. The van der Waals surface area contributed by atoms with Gasteiger partial charge in [-0.15, -0.1) is 11.3 Å². The topological polar surface area (TPSA) is 21.3 Å². The lowest BCUT2D eigenvalue weighted by Crippen LogP contribution is -2.20. The van der Waals surface area contributed by atoms with Gasteiger partial charge in [0, 0.05) is 22.4 Å². The first-order valence-corrected chi connectivity index (χ1v) is 8.45. The summed E-state index contributed by atoms with van der Waals surface area (Å²) in [5.41, 5.74) is 1.61. The molecule has 1 heterocycles. The van der Waals surface area contributed by atoms with Gasteiger partial charge in [-0.1, -0.05) is 0 Å². The van der Waals surface area contributed by atoms with Crippen LogP contribution in [0.5, 0.6) is 0 Å². The van der Waals surface area contributed by atoms with Gasteiger partial charge in [0.05, 0.1) is 6.10 Å². The van der Waals surface area contributed by atoms with Crippen molar-refractivity contribution in [3.05, 3.63) is 21.4 Å². The standard InChI is InChI=1S/C16H27NOS/c1-12(2)18-10-6-9-17-13(3)16-11-14-7-4-5-8-15(14)19-16/h11-13,17H,4-10H2,1-3H3. The smallest absolute Gasteiger partial charge is 0.0518 e. The first kappa shape index (κ1) is 15.0. The minimum absolute atomic E-state index is 0.349. The highest BCUT2D eigenvalue weighted by Crippen LogP contribution is 2.32. The van der Waals surface area contributed by atoms with Gasteiger partial charge in [0.25, 0.3) is 0 Å². The van der Waals surface area contributed by atoms with Crippen molar-refractivity contribution in [2.75, 3.05) is 13.2 Å². The predicted molar refractivity (Wildman–Crippen MR) is 83.1 cm³/mol. The number of rotatable bonds is 7. The number of ether oxygens (including phenoxy) is 1. The van der Waals surface area contributed by atoms with E-state index in [1.807, 2.05) is 11.3 Å². The quantitative estimate of drug-likeness (QED) is 0.760. The molecule has 1 aromatic heterocycles. The van der Waals surface area contributed by atoms with Gasteiger partial charge in [-0.3, -0.25) is 0 Å². The van der Waals surface area contributed by atoms with Gasteiger partial charge in [-0.2, -0.15) is 0 Å². The van der Waals surface area contributed by atoms with Crippen LogP contribution in [0.2, 0.25) is 0 Å². The average Bonchev–Trinajstić information content (AvgIpc) is 2.81. The van der Waals surface area contributed by atoms with E-state index < -0.39 is 0 Å². The SMILES string of the molecule is CC(C)OCCCNC(C)c1cc2c(s1)CCCC2. The number of nitrogens with one attached hydrogen (secondary N) is 1. The molecular weight excluding hydrogens is 254 g/mol. The molecule has 19 heavy (non-hydrogen) atoms. The van der Waals surface area contributed by atoms with E-state index in [9.17, 15) is 0 Å². The van der Waals surface area contributed by atoms with Gasteiger partial charge in [0.1, 0.15) is 0 Å². The lowest BCUT2D eigenvalue weighted by atomic mass is 9.99. The molecule has 0 amide bonds. The van der Waals surface area contributed by atoms with Crippen LogP contribution in [-0.2, 0) is 17.6 Å². The largest absolute Gasteiger partial charge is 0.379 e. The Labute approximate surface area is 121 Å². The van der Waals surface area contributed by atoms with Gasteiger partial charge < -0.3 is 10.1 Å². The van der Waals surface area contributed by atoms with Gasteiger partial charge >= 0.3 is 0 Å². The summed E-state index contributed by atoms with van der Waals surface area (Å²) in [6.45, 7) is 8.35. The van der Waals surface area contributed by atoms with Crippen molar-refractivity contribution in [3.63, 3.8) is 0 Å². The third kappa shape index (κ3) is 4.59. The molecule has 0 spiro atoms. The van der Waals surface area contributed by atoms with Crippen molar-refractivity contribution in [2.45, 2.75) is 65.0 Å². The van der Waals surface area contributed by atoms with Gasteiger partial charge in [-0.25, -0.2) is 0 Å². The van der Waals surface area contributed by atoms with E-state index in [4.69, 9.17) is 4.74 Å². The zero-order valence-corrected chi connectivity index (χ0v) is 13.3. The van der Waals surface area contributed by atoms with Crippen LogP contribution in [0, 0.1) is 0 Å². The van der Waals surface area contributed by atoms with Crippen molar-refractivity contribution in [1.82, 2.24) is 5.32 Å². The molecule has 0 aromatic carbocycles. The molecular formula is C16H27NOS. The van der Waals surface area contributed by atoms with E-state index in [2.05, 4.69) is 32.2 Å². The molecule has 1 aliphatic carbocycles. The van der Waals surface area contributed by atoms with Crippen LogP contribution in [0.4, 0.5) is 0 Å². The minimum atomic E-state index is 0.349. The maximum atomic E-state index is 5.56. The summed E-state index contributed by atoms with van der Waals surface area (Å²) in [7, 11) is 0. The molecule has 108 valence electrons. The first-order valence-electron chi connectivity index (χ1n) is 7.63. The zero-order valence-electron chi connectivity index (χ0n) is 12.5. The number of hydrogen-bond donors (Lipinski definition) is 1. The molecule has 0 fully saturated rings. The summed E-state index contributed by atoms with van der Waals surface area (Å²) in [6.07, 6.45) is 6.78. The fraction of sp³-hybridized carbons (Fsp3) is 0.750. The summed E-state index contributed by atoms with van der Waals surface area (Å²) in [4.78, 5) is 3.15. The molecule has 2 rings (SSSR count). The molecule has 0 bridgehead atoms. The molecule has 0 aliphatic heterocycles. The Balaban J connectivity index is 1.73. The second kappa shape index (κ2) is 7.41. The highest BCUT2D eigenvalue weighted by atomic mass is 32.1. The number of hydrogen-bond acceptors (Lipinski definition) is 3. The van der Waals surface area contributed by atoms with E-state index in [1.165, 1.54) is 30.6 Å². The van der Waals surface area contributed by atoms with E-state index >= 15 is 0 Å². The highest BCUT2D eigenvalue weighted by molar-refractivity contribution is 7.12. The van der Waals surface area contributed by atoms with Crippen LogP contribution in [0.15, 0.2) is 6.07 Å². The van der Waals surface area contributed by atoms with Crippen LogP contribution in [0.3, 0.4) is 0 Å². The summed E-state index contributed by atoms with van der Waals surface area (Å²) in [6, 6.07) is 2.91. The number of fused-ring (bicyclic) bond motifs is 1. The Kier molecular flexibility index (Phi) is 5.86. The van der Waals surface area contributed by atoms with Gasteiger partial charge in [-0.05, 0) is 71.0 Å². The molecule has 3 heteroatoms. The lowest BCUT2D eigenvalue weighted by Gasteiger charge is -2.12. The van der Waals surface area contributed by atoms with E-state index in [0.717, 1.165) is 19.6 Å². The van der Waals surface area contributed by atoms with E-state index in [0.29, 0.717) is 12.1 Å². The fourth-order valence-electron chi connectivity index (χ4n) is 2.54. The van der Waals surface area contributed by atoms with E-state index in [-0.39, 0.29) is 0 Å². The second-order valence-corrected chi connectivity index (χ2v) is 6.92. The Morgan fingerprint density at radius 3 is 2.79 bits per heavy atom. The molecule has 1 atom stereocenters. The van der Waals surface area contributed by atoms with Crippen molar-refractivity contribution >= 4 is 11.3 Å². The highest BCUT2D eigenvalue weighted by Gasteiger charge is 2.16. The third-order valence-electron chi connectivity index (χ3n) is 3.67. The van der Waals surface area contributed by atoms with Crippen molar-refractivity contribution in [3.8, 4) is 0 Å². The van der Waals surface area contributed by atoms with Crippen LogP contribution in [0.1, 0.15) is 61.4 Å². The van der Waals surface area contributed by atoms with Gasteiger partial charge in [0.15, 0.2) is 0 Å². The molecule has 0 saturated heterocycles. The average molecular weight is 281 g/mol. The number of thiophene rings is 1. The molecule has 1 N–H and O–H groups in total. The Morgan fingerprint density at radius 1 is 1.26 bits per heavy atom. The molecule has 0 radical (unpaired) electrons. The Bertz CT molecular complexity index is 363. The molecule has 1 aliphatic rings. The lowest BCUT2D eigenvalue weighted by molar-refractivity contribution is 0.0768. The summed E-state index contributed by atoms with van der Waals surface area (Å²) < 4.78 is 5.56. The van der Waals surface area contributed by atoms with Crippen LogP contribution in [-0.4, -0.2) is 19.3 Å². The molecule has 1 aromatic rings. The summed E-state index contributed by atoms with van der Waals surface area (Å²) in [5.74, 6) is 0. The number of aryl methyl sites for hydroxylation is 2. The summed E-state index contributed by atoms with van der Waals surface area (Å²) >= 11 is 2.02. The Hall–Kier alpha value is -0.380. The van der Waals surface area contributed by atoms with Crippen LogP contribution >= 0.6 is 11.3 Å². The predicted octanol–water partition coefficient (Wildman–Crippen LogP) is 4.09. The van der Waals surface area contributed by atoms with E-state index in [1.54, 1.807) is 10.4 Å². The normalized spacial score (nSPS) is 16.6. The molecule has 2 nitrogen and oxygen atoms in total. The maximum absolute atomic E-state index is 5.56. The third-order valence-corrected chi connectivity index (χ3v) is 5.09. The Morgan fingerprint density at radius 2 is 2.05 bits per heavy atom. The van der Waals surface area contributed by atoms with Crippen molar-refractivity contribution in [1.29, 1.82) is 0 Å². The fourth-order valence-corrected chi connectivity index (χ4v) is 3.82. The second-order valence-electron chi connectivity index (χ2n) is 5.75. The monoisotopic (exact) mass is 281 g/mol. The van der Waals surface area contributed by atoms with Crippen LogP contribution < -0.4 is 5.32 Å². The summed E-state index contributed by atoms with van der Waals surface area (Å²) in [5, 5.41) is 3.61. The van der Waals surface area contributed by atoms with Crippen molar-refractivity contribution < 1.29 is 4.74 Å². The first-order chi connectivity index (χ1) is 9.16.